The summed E-state index contributed by atoms with van der Waals surface area (Å²) >= 11 is 0. The molecule has 0 aliphatic heterocycles. The van der Waals surface area contributed by atoms with Crippen LogP contribution in [0.15, 0.2) is 11.1 Å². The number of allylic oxidation sites excluding steroid dienone is 1. The molecule has 0 unspecified atom stereocenters. The van der Waals surface area contributed by atoms with Gasteiger partial charge in [-0.25, -0.2) is 0 Å². The topological polar surface area (TPSA) is 37.3 Å². The quantitative estimate of drug-likeness (QED) is 0.699. The Labute approximate surface area is 103 Å². The van der Waals surface area contributed by atoms with E-state index in [1.54, 1.807) is 0 Å². The van der Waals surface area contributed by atoms with Crippen molar-refractivity contribution in [2.45, 2.75) is 53.1 Å². The Balaban J connectivity index is 2.29. The van der Waals surface area contributed by atoms with E-state index in [0.29, 0.717) is 18.3 Å². The first-order chi connectivity index (χ1) is 7.84. The van der Waals surface area contributed by atoms with Crippen LogP contribution in [0, 0.1) is 22.7 Å². The van der Waals surface area contributed by atoms with Gasteiger partial charge < -0.3 is 5.11 Å². The lowest BCUT2D eigenvalue weighted by atomic mass is 9.53. The van der Waals surface area contributed by atoms with Crippen molar-refractivity contribution in [3.05, 3.63) is 11.1 Å². The van der Waals surface area contributed by atoms with Gasteiger partial charge in [0.1, 0.15) is 0 Å². The third kappa shape index (κ3) is 1.00. The number of hydrogen-bond acceptors (Lipinski definition) is 2. The van der Waals surface area contributed by atoms with Crippen LogP contribution < -0.4 is 0 Å². The second-order valence-electron chi connectivity index (χ2n) is 6.86. The first-order valence-corrected chi connectivity index (χ1v) is 6.76. The van der Waals surface area contributed by atoms with Gasteiger partial charge in [0, 0.05) is 11.8 Å². The number of carbonyl (C=O) groups excluding carboxylic acids is 1. The van der Waals surface area contributed by atoms with Crippen molar-refractivity contribution in [2.75, 3.05) is 0 Å². The zero-order chi connectivity index (χ0) is 12.6. The molecule has 1 N–H and O–H groups in total. The third-order valence-electron chi connectivity index (χ3n) is 6.25. The summed E-state index contributed by atoms with van der Waals surface area (Å²) in [4.78, 5) is 12.1. The summed E-state index contributed by atoms with van der Waals surface area (Å²) in [5.41, 5.74) is 1.98. The maximum atomic E-state index is 12.1. The van der Waals surface area contributed by atoms with Gasteiger partial charge >= 0.3 is 0 Å². The summed E-state index contributed by atoms with van der Waals surface area (Å²) in [6.07, 6.45) is 2.51. The number of fused-ring (bicyclic) bond motifs is 1. The van der Waals surface area contributed by atoms with Gasteiger partial charge in [-0.1, -0.05) is 20.8 Å². The van der Waals surface area contributed by atoms with E-state index in [9.17, 15) is 9.90 Å². The molecule has 2 bridgehead atoms. The van der Waals surface area contributed by atoms with Gasteiger partial charge in [0.15, 0.2) is 5.78 Å². The number of ketones is 1. The Morgan fingerprint density at radius 1 is 1.29 bits per heavy atom. The zero-order valence-corrected chi connectivity index (χ0v) is 11.2. The van der Waals surface area contributed by atoms with Crippen molar-refractivity contribution >= 4 is 5.78 Å². The first-order valence-electron chi connectivity index (χ1n) is 6.76. The summed E-state index contributed by atoms with van der Waals surface area (Å²) in [6.45, 7) is 8.70. The minimum atomic E-state index is -0.374. The molecule has 3 aliphatic carbocycles. The molecule has 3 aliphatic rings. The molecule has 0 saturated heterocycles. The Bertz CT molecular complexity index is 432. The van der Waals surface area contributed by atoms with Gasteiger partial charge in [-0.05, 0) is 48.2 Å². The molecule has 0 aromatic carbocycles. The molecule has 0 amide bonds. The third-order valence-corrected chi connectivity index (χ3v) is 6.25. The standard InChI is InChI=1S/C15H22O2/c1-8-5-6-10-13(17)12-9(2)11(16)7-15(8,12)14(10,3)4/h8,10,13,17H,5-7H2,1-4H3/t8-,10-,13-,15+/m1/s1. The van der Waals surface area contributed by atoms with Gasteiger partial charge in [-0.3, -0.25) is 4.79 Å². The van der Waals surface area contributed by atoms with Crippen LogP contribution in [0.5, 0.6) is 0 Å². The predicted molar refractivity (Wildman–Crippen MR) is 66.4 cm³/mol. The van der Waals surface area contributed by atoms with Crippen molar-refractivity contribution in [3.8, 4) is 0 Å². The lowest BCUT2D eigenvalue weighted by Gasteiger charge is -2.50. The second kappa shape index (κ2) is 3.03. The maximum absolute atomic E-state index is 12.1. The second-order valence-corrected chi connectivity index (χ2v) is 6.86. The van der Waals surface area contributed by atoms with Crippen LogP contribution in [0.1, 0.15) is 47.0 Å². The van der Waals surface area contributed by atoms with Gasteiger partial charge in [0.2, 0.25) is 0 Å². The molecule has 0 aromatic rings. The zero-order valence-electron chi connectivity index (χ0n) is 11.2. The van der Waals surface area contributed by atoms with E-state index in [2.05, 4.69) is 20.8 Å². The summed E-state index contributed by atoms with van der Waals surface area (Å²) in [7, 11) is 0. The Morgan fingerprint density at radius 3 is 2.59 bits per heavy atom. The highest BCUT2D eigenvalue weighted by atomic mass is 16.3. The molecule has 4 atom stereocenters. The summed E-state index contributed by atoms with van der Waals surface area (Å²) < 4.78 is 0. The first kappa shape index (κ1) is 11.5. The van der Waals surface area contributed by atoms with Crippen molar-refractivity contribution in [1.29, 1.82) is 0 Å². The molecule has 0 aromatic heterocycles. The molecular weight excluding hydrogens is 212 g/mol. The highest BCUT2D eigenvalue weighted by Crippen LogP contribution is 2.71. The van der Waals surface area contributed by atoms with E-state index in [0.717, 1.165) is 24.0 Å². The van der Waals surface area contributed by atoms with Gasteiger partial charge in [-0.15, -0.1) is 0 Å². The van der Waals surface area contributed by atoms with Crippen LogP contribution in [0.2, 0.25) is 0 Å². The molecule has 1 spiro atoms. The van der Waals surface area contributed by atoms with Gasteiger partial charge in [0.25, 0.3) is 0 Å². The predicted octanol–water partition coefficient (Wildman–Crippen LogP) is 2.71. The molecule has 17 heavy (non-hydrogen) atoms. The van der Waals surface area contributed by atoms with Crippen molar-refractivity contribution in [1.82, 2.24) is 0 Å². The Morgan fingerprint density at radius 2 is 1.94 bits per heavy atom. The van der Waals surface area contributed by atoms with Crippen LogP contribution >= 0.6 is 0 Å². The van der Waals surface area contributed by atoms with Crippen LogP contribution in [0.3, 0.4) is 0 Å². The fourth-order valence-corrected chi connectivity index (χ4v) is 5.22. The minimum Gasteiger partial charge on any atom is -0.388 e. The monoisotopic (exact) mass is 234 g/mol. The molecule has 3 rings (SSSR count). The molecule has 2 nitrogen and oxygen atoms in total. The van der Waals surface area contributed by atoms with E-state index < -0.39 is 0 Å². The normalized spacial score (nSPS) is 47.6. The number of hydrogen-bond donors (Lipinski definition) is 1. The van der Waals surface area contributed by atoms with Crippen molar-refractivity contribution in [2.24, 2.45) is 22.7 Å². The lowest BCUT2D eigenvalue weighted by molar-refractivity contribution is -0.120. The molecular formula is C15H22O2. The van der Waals surface area contributed by atoms with Gasteiger partial charge in [-0.2, -0.15) is 0 Å². The molecule has 94 valence electrons. The summed E-state index contributed by atoms with van der Waals surface area (Å²) in [5, 5.41) is 10.6. The molecule has 0 radical (unpaired) electrons. The van der Waals surface area contributed by atoms with Crippen LogP contribution in [0.4, 0.5) is 0 Å². The fourth-order valence-electron chi connectivity index (χ4n) is 5.22. The van der Waals surface area contributed by atoms with Crippen molar-refractivity contribution < 1.29 is 9.90 Å². The average molecular weight is 234 g/mol. The minimum absolute atomic E-state index is 0.0451. The van der Waals surface area contributed by atoms with E-state index in [4.69, 9.17) is 0 Å². The van der Waals surface area contributed by atoms with E-state index >= 15 is 0 Å². The summed E-state index contributed by atoms with van der Waals surface area (Å²) in [5.74, 6) is 1.12. The van der Waals surface area contributed by atoms with E-state index in [1.165, 1.54) is 0 Å². The Kier molecular flexibility index (Phi) is 2.04. The highest BCUT2D eigenvalue weighted by Gasteiger charge is 2.68. The summed E-state index contributed by atoms with van der Waals surface area (Å²) in [6, 6.07) is 0. The molecule has 2 heteroatoms. The maximum Gasteiger partial charge on any atom is 0.159 e. The smallest absolute Gasteiger partial charge is 0.159 e. The van der Waals surface area contributed by atoms with E-state index in [-0.39, 0.29) is 22.7 Å². The molecule has 2 fully saturated rings. The average Bonchev–Trinajstić information content (AvgIpc) is 2.53. The molecule has 0 heterocycles. The molecule has 2 saturated carbocycles. The SMILES string of the molecule is CC1=C2[C@H](O)[C@H]3CC[C@@H](C)[C@]2(CC1=O)C3(C)C. The number of rotatable bonds is 0. The van der Waals surface area contributed by atoms with Crippen molar-refractivity contribution in [3.63, 3.8) is 0 Å². The number of carbonyl (C=O) groups is 1. The van der Waals surface area contributed by atoms with Crippen LogP contribution in [-0.4, -0.2) is 17.0 Å². The van der Waals surface area contributed by atoms with Gasteiger partial charge in [0.05, 0.1) is 6.10 Å². The van der Waals surface area contributed by atoms with E-state index in [1.807, 2.05) is 6.92 Å². The number of aliphatic hydroxyl groups is 1. The number of aliphatic hydroxyl groups excluding tert-OH is 1. The Hall–Kier alpha value is -0.630. The highest BCUT2D eigenvalue weighted by molar-refractivity contribution is 6.00. The number of Topliss-reactive ketones (excluding diaryl/α,β-unsaturated/α-hetero) is 1. The largest absolute Gasteiger partial charge is 0.388 e. The fraction of sp³-hybridized carbons (Fsp3) is 0.800. The van der Waals surface area contributed by atoms with Crippen LogP contribution in [-0.2, 0) is 4.79 Å². The van der Waals surface area contributed by atoms with Crippen LogP contribution in [0.25, 0.3) is 0 Å². The lowest BCUT2D eigenvalue weighted by Crippen LogP contribution is -2.45.